The Kier molecular flexibility index (Phi) is 3.50. The van der Waals surface area contributed by atoms with Gasteiger partial charge in [-0.05, 0) is 25.7 Å². The van der Waals surface area contributed by atoms with Crippen LogP contribution in [0.4, 0.5) is 0 Å². The van der Waals surface area contributed by atoms with Gasteiger partial charge < -0.3 is 10.6 Å². The summed E-state index contributed by atoms with van der Waals surface area (Å²) in [6.45, 7) is 0.578. The number of nitrogens with zero attached hydrogens (tertiary/aromatic N) is 2. The molecule has 2 fully saturated rings. The number of carbonyl (C=O) groups is 1. The molecule has 0 spiro atoms. The third kappa shape index (κ3) is 2.38. The number of hydrogen-bond donors (Lipinski definition) is 1. The third-order valence-corrected chi connectivity index (χ3v) is 3.98. The van der Waals surface area contributed by atoms with E-state index in [0.29, 0.717) is 24.7 Å². The number of rotatable bonds is 2. The van der Waals surface area contributed by atoms with Gasteiger partial charge in [0.05, 0.1) is 6.54 Å². The van der Waals surface area contributed by atoms with Gasteiger partial charge in [0, 0.05) is 32.2 Å². The molecule has 2 aliphatic heterocycles. The normalized spacial score (nSPS) is 34.8. The van der Waals surface area contributed by atoms with Crippen LogP contribution in [0.15, 0.2) is 0 Å². The molecule has 4 nitrogen and oxygen atoms in total. The number of carbonyl (C=O) groups excluding carboxylic acids is 1. The zero-order chi connectivity index (χ0) is 11.7. The zero-order valence-electron chi connectivity index (χ0n) is 10.4. The maximum atomic E-state index is 11.8. The first-order chi connectivity index (χ1) is 7.58. The van der Waals surface area contributed by atoms with Gasteiger partial charge in [-0.2, -0.15) is 0 Å². The zero-order valence-corrected chi connectivity index (χ0v) is 10.4. The fraction of sp³-hybridized carbons (Fsp3) is 0.917. The Hall–Kier alpha value is -0.610. The first kappa shape index (κ1) is 11.9. The average molecular weight is 225 g/mol. The molecular weight excluding hydrogens is 202 g/mol. The molecule has 0 aromatic heterocycles. The SMILES string of the molecule is CN(C)C(=O)CN1C2CCCC1CC(N)C2. The van der Waals surface area contributed by atoms with Crippen LogP contribution in [0.2, 0.25) is 0 Å². The molecule has 0 saturated carbocycles. The molecule has 0 radical (unpaired) electrons. The lowest BCUT2D eigenvalue weighted by Gasteiger charge is -2.48. The molecule has 2 N–H and O–H groups in total. The Morgan fingerprint density at radius 3 is 2.38 bits per heavy atom. The lowest BCUT2D eigenvalue weighted by molar-refractivity contribution is -0.132. The summed E-state index contributed by atoms with van der Waals surface area (Å²) in [5.74, 6) is 0.215. The van der Waals surface area contributed by atoms with E-state index in [4.69, 9.17) is 5.73 Å². The highest BCUT2D eigenvalue weighted by Crippen LogP contribution is 2.33. The summed E-state index contributed by atoms with van der Waals surface area (Å²) in [6, 6.07) is 1.44. The van der Waals surface area contributed by atoms with Gasteiger partial charge in [0.1, 0.15) is 0 Å². The Morgan fingerprint density at radius 1 is 1.31 bits per heavy atom. The number of piperidine rings is 2. The largest absolute Gasteiger partial charge is 0.348 e. The van der Waals surface area contributed by atoms with Crippen molar-refractivity contribution in [3.05, 3.63) is 0 Å². The van der Waals surface area contributed by atoms with Crippen molar-refractivity contribution in [3.8, 4) is 0 Å². The van der Waals surface area contributed by atoms with Crippen LogP contribution < -0.4 is 5.73 Å². The molecule has 2 atom stereocenters. The molecule has 4 heteroatoms. The van der Waals surface area contributed by atoms with Crippen LogP contribution in [0, 0.1) is 0 Å². The lowest BCUT2D eigenvalue weighted by Crippen LogP contribution is -2.57. The summed E-state index contributed by atoms with van der Waals surface area (Å²) in [5, 5.41) is 0. The van der Waals surface area contributed by atoms with Gasteiger partial charge in [-0.1, -0.05) is 6.42 Å². The van der Waals surface area contributed by atoms with Gasteiger partial charge in [0.25, 0.3) is 0 Å². The Morgan fingerprint density at radius 2 is 1.88 bits per heavy atom. The molecule has 92 valence electrons. The molecule has 2 saturated heterocycles. The highest BCUT2D eigenvalue weighted by atomic mass is 16.2. The van der Waals surface area contributed by atoms with E-state index in [1.807, 2.05) is 14.1 Å². The number of nitrogens with two attached hydrogens (primary N) is 1. The molecule has 0 aromatic carbocycles. The molecule has 2 unspecified atom stereocenters. The van der Waals surface area contributed by atoms with Gasteiger partial charge in [0.2, 0.25) is 5.91 Å². The van der Waals surface area contributed by atoms with Gasteiger partial charge in [-0.25, -0.2) is 0 Å². The van der Waals surface area contributed by atoms with Crippen LogP contribution in [0.3, 0.4) is 0 Å². The highest BCUT2D eigenvalue weighted by Gasteiger charge is 2.37. The summed E-state index contributed by atoms with van der Waals surface area (Å²) in [4.78, 5) is 15.9. The molecule has 1 amide bonds. The maximum Gasteiger partial charge on any atom is 0.236 e. The molecular formula is C12H23N3O. The summed E-state index contributed by atoms with van der Waals surface area (Å²) < 4.78 is 0. The quantitative estimate of drug-likeness (QED) is 0.741. The Balaban J connectivity index is 2.00. The van der Waals surface area contributed by atoms with Crippen molar-refractivity contribution in [2.24, 2.45) is 5.73 Å². The molecule has 2 aliphatic rings. The topological polar surface area (TPSA) is 49.6 Å². The monoisotopic (exact) mass is 225 g/mol. The van der Waals surface area contributed by atoms with Crippen molar-refractivity contribution < 1.29 is 4.79 Å². The van der Waals surface area contributed by atoms with Crippen molar-refractivity contribution in [2.75, 3.05) is 20.6 Å². The first-order valence-electron chi connectivity index (χ1n) is 6.29. The summed E-state index contributed by atoms with van der Waals surface area (Å²) in [6.07, 6.45) is 5.86. The third-order valence-electron chi connectivity index (χ3n) is 3.98. The minimum absolute atomic E-state index is 0.215. The molecule has 2 rings (SSSR count). The first-order valence-corrected chi connectivity index (χ1v) is 6.29. The van der Waals surface area contributed by atoms with Crippen molar-refractivity contribution in [1.82, 2.24) is 9.80 Å². The Labute approximate surface area is 97.8 Å². The number of likely N-dealkylation sites (N-methyl/N-ethyl adjacent to an activating group) is 1. The Bertz CT molecular complexity index is 253. The highest BCUT2D eigenvalue weighted by molar-refractivity contribution is 5.77. The summed E-state index contributed by atoms with van der Waals surface area (Å²) in [5.41, 5.74) is 6.06. The van der Waals surface area contributed by atoms with Crippen molar-refractivity contribution in [3.63, 3.8) is 0 Å². The number of fused-ring (bicyclic) bond motifs is 2. The molecule has 16 heavy (non-hydrogen) atoms. The van der Waals surface area contributed by atoms with E-state index in [0.717, 1.165) is 12.8 Å². The summed E-state index contributed by atoms with van der Waals surface area (Å²) in [7, 11) is 3.65. The van der Waals surface area contributed by atoms with Crippen molar-refractivity contribution in [1.29, 1.82) is 0 Å². The second-order valence-corrected chi connectivity index (χ2v) is 5.43. The van der Waals surface area contributed by atoms with Crippen LogP contribution in [0.1, 0.15) is 32.1 Å². The fourth-order valence-electron chi connectivity index (χ4n) is 3.08. The van der Waals surface area contributed by atoms with E-state index >= 15 is 0 Å². The van der Waals surface area contributed by atoms with Crippen LogP contribution in [-0.2, 0) is 4.79 Å². The fourth-order valence-corrected chi connectivity index (χ4v) is 3.08. The smallest absolute Gasteiger partial charge is 0.236 e. The van der Waals surface area contributed by atoms with Crippen LogP contribution in [0.25, 0.3) is 0 Å². The standard InChI is InChI=1S/C12H23N3O/c1-14(2)12(16)8-15-10-4-3-5-11(15)7-9(13)6-10/h9-11H,3-8,13H2,1-2H3. The number of hydrogen-bond acceptors (Lipinski definition) is 3. The predicted octanol–water partition coefficient (Wildman–Crippen LogP) is 0.419. The van der Waals surface area contributed by atoms with E-state index in [1.54, 1.807) is 4.90 Å². The van der Waals surface area contributed by atoms with Crippen LogP contribution in [-0.4, -0.2) is 54.5 Å². The van der Waals surface area contributed by atoms with Gasteiger partial charge in [0.15, 0.2) is 0 Å². The summed E-state index contributed by atoms with van der Waals surface area (Å²) >= 11 is 0. The molecule has 0 aromatic rings. The molecule has 0 aliphatic carbocycles. The molecule has 2 bridgehead atoms. The second kappa shape index (κ2) is 4.72. The van der Waals surface area contributed by atoms with Crippen molar-refractivity contribution in [2.45, 2.75) is 50.2 Å². The van der Waals surface area contributed by atoms with Gasteiger partial charge in [-0.3, -0.25) is 9.69 Å². The lowest BCUT2D eigenvalue weighted by atomic mass is 9.82. The van der Waals surface area contributed by atoms with E-state index in [9.17, 15) is 4.79 Å². The van der Waals surface area contributed by atoms with E-state index < -0.39 is 0 Å². The predicted molar refractivity (Wildman–Crippen MR) is 64.0 cm³/mol. The number of amides is 1. The van der Waals surface area contributed by atoms with Gasteiger partial charge >= 0.3 is 0 Å². The minimum atomic E-state index is 0.215. The maximum absolute atomic E-state index is 11.8. The van der Waals surface area contributed by atoms with Gasteiger partial charge in [-0.15, -0.1) is 0 Å². The molecule has 2 heterocycles. The average Bonchev–Trinajstić information content (AvgIpc) is 2.19. The van der Waals surface area contributed by atoms with Crippen molar-refractivity contribution >= 4 is 5.91 Å². The second-order valence-electron chi connectivity index (χ2n) is 5.43. The minimum Gasteiger partial charge on any atom is -0.348 e. The van der Waals surface area contributed by atoms with Crippen LogP contribution in [0.5, 0.6) is 0 Å². The van der Waals surface area contributed by atoms with E-state index in [2.05, 4.69) is 4.90 Å². The van der Waals surface area contributed by atoms with E-state index in [-0.39, 0.29) is 5.91 Å². The van der Waals surface area contributed by atoms with E-state index in [1.165, 1.54) is 19.3 Å². The van der Waals surface area contributed by atoms with Crippen LogP contribution >= 0.6 is 0 Å².